The molecule has 0 saturated heterocycles. The van der Waals surface area contributed by atoms with Crippen LogP contribution in [0.2, 0.25) is 0 Å². The Labute approximate surface area is 79.3 Å². The van der Waals surface area contributed by atoms with Crippen LogP contribution in [0.4, 0.5) is 0 Å². The van der Waals surface area contributed by atoms with Crippen LogP contribution in [0.3, 0.4) is 0 Å². The van der Waals surface area contributed by atoms with Gasteiger partial charge in [-0.3, -0.25) is 0 Å². The fourth-order valence-electron chi connectivity index (χ4n) is 2.63. The average molecular weight is 169 g/mol. The van der Waals surface area contributed by atoms with Gasteiger partial charge in [0.25, 0.3) is 0 Å². The summed E-state index contributed by atoms with van der Waals surface area (Å²) >= 11 is 0. The molecule has 0 fully saturated rings. The summed E-state index contributed by atoms with van der Waals surface area (Å²) in [6.45, 7) is 0. The molecule has 65 valence electrons. The molecule has 3 rings (SSSR count). The van der Waals surface area contributed by atoms with Gasteiger partial charge in [0.2, 0.25) is 0 Å². The molecule has 3 aliphatic rings. The Hall–Kier alpha value is -1.04. The van der Waals surface area contributed by atoms with Gasteiger partial charge in [-0.1, -0.05) is 36.5 Å². The minimum absolute atomic E-state index is 0.631. The van der Waals surface area contributed by atoms with Crippen molar-refractivity contribution in [1.82, 2.24) is 0 Å². The molecule has 0 aromatic carbocycles. The quantitative estimate of drug-likeness (QED) is 0.489. The number of rotatable bonds is 0. The molecule has 0 nitrogen and oxygen atoms in total. The third-order valence-corrected chi connectivity index (χ3v) is 3.35. The van der Waals surface area contributed by atoms with Crippen molar-refractivity contribution in [3.63, 3.8) is 0 Å². The van der Waals surface area contributed by atoms with Crippen LogP contribution in [0.25, 0.3) is 0 Å². The second-order valence-corrected chi connectivity index (χ2v) is 4.09. The van der Waals surface area contributed by atoms with E-state index in [1.807, 2.05) is 0 Å². The minimum atomic E-state index is 0.631. The molecule has 0 amide bonds. The van der Waals surface area contributed by atoms with Crippen molar-refractivity contribution in [2.75, 3.05) is 0 Å². The van der Waals surface area contributed by atoms with Gasteiger partial charge >= 0.3 is 0 Å². The summed E-state index contributed by atoms with van der Waals surface area (Å²) in [4.78, 5) is 0. The summed E-state index contributed by atoms with van der Waals surface area (Å²) in [5.41, 5.74) is 1.38. The van der Waals surface area contributed by atoms with Crippen LogP contribution in [0, 0.1) is 23.8 Å². The van der Waals surface area contributed by atoms with Gasteiger partial charge in [0.05, 0.1) is 0 Å². The zero-order valence-corrected chi connectivity index (χ0v) is 7.61. The zero-order chi connectivity index (χ0) is 8.67. The summed E-state index contributed by atoms with van der Waals surface area (Å²) in [7, 11) is 0. The summed E-state index contributed by atoms with van der Waals surface area (Å²) < 4.78 is 0. The molecule has 0 N–H and O–H groups in total. The number of hydrogen-bond acceptors (Lipinski definition) is 0. The molecule has 0 aliphatic heterocycles. The Bertz CT molecular complexity index is 328. The molecular weight excluding hydrogens is 156 g/mol. The fraction of sp³-hybridized carbons (Fsp3) is 0.385. The Balaban J connectivity index is 2.01. The van der Waals surface area contributed by atoms with Crippen molar-refractivity contribution >= 4 is 0 Å². The first-order chi connectivity index (χ1) is 6.45. The van der Waals surface area contributed by atoms with E-state index in [0.717, 1.165) is 11.8 Å². The van der Waals surface area contributed by atoms with Crippen molar-refractivity contribution in [1.29, 1.82) is 0 Å². The summed E-state index contributed by atoms with van der Waals surface area (Å²) in [5.74, 6) is 2.10. The van der Waals surface area contributed by atoms with Crippen LogP contribution in [0.15, 0.2) is 42.0 Å². The van der Waals surface area contributed by atoms with E-state index in [2.05, 4.69) is 42.5 Å². The SMILES string of the molecule is [C]1=CC2CCC=CC2C2C=CC=C12. The average Bonchev–Trinajstić information content (AvgIpc) is 2.65. The lowest BCUT2D eigenvalue weighted by Gasteiger charge is -2.33. The van der Waals surface area contributed by atoms with Gasteiger partial charge in [-0.2, -0.15) is 0 Å². The van der Waals surface area contributed by atoms with E-state index < -0.39 is 0 Å². The van der Waals surface area contributed by atoms with Gasteiger partial charge in [-0.05, 0) is 36.3 Å². The first-order valence-electron chi connectivity index (χ1n) is 5.10. The van der Waals surface area contributed by atoms with E-state index >= 15 is 0 Å². The Morgan fingerprint density at radius 3 is 3.31 bits per heavy atom. The van der Waals surface area contributed by atoms with Gasteiger partial charge in [0, 0.05) is 5.92 Å². The lowest BCUT2D eigenvalue weighted by atomic mass is 9.71. The van der Waals surface area contributed by atoms with E-state index in [9.17, 15) is 0 Å². The zero-order valence-electron chi connectivity index (χ0n) is 7.61. The number of hydrogen-bond donors (Lipinski definition) is 0. The second-order valence-electron chi connectivity index (χ2n) is 4.09. The molecule has 0 aromatic heterocycles. The maximum absolute atomic E-state index is 3.42. The molecule has 1 radical (unpaired) electrons. The first kappa shape index (κ1) is 7.37. The fourth-order valence-corrected chi connectivity index (χ4v) is 2.63. The lowest BCUT2D eigenvalue weighted by molar-refractivity contribution is 0.364. The highest BCUT2D eigenvalue weighted by molar-refractivity contribution is 5.37. The van der Waals surface area contributed by atoms with Gasteiger partial charge in [-0.15, -0.1) is 0 Å². The van der Waals surface area contributed by atoms with Gasteiger partial charge in [-0.25, -0.2) is 0 Å². The summed E-state index contributed by atoms with van der Waals surface area (Å²) in [5, 5.41) is 0. The van der Waals surface area contributed by atoms with Crippen LogP contribution in [0.5, 0.6) is 0 Å². The Morgan fingerprint density at radius 2 is 2.31 bits per heavy atom. The predicted octanol–water partition coefficient (Wildman–Crippen LogP) is 3.05. The lowest BCUT2D eigenvalue weighted by Crippen LogP contribution is -2.25. The second kappa shape index (κ2) is 2.73. The molecule has 0 heterocycles. The number of fused-ring (bicyclic) bond motifs is 3. The van der Waals surface area contributed by atoms with Crippen molar-refractivity contribution in [3.05, 3.63) is 48.1 Å². The van der Waals surface area contributed by atoms with Crippen LogP contribution >= 0.6 is 0 Å². The highest BCUT2D eigenvalue weighted by atomic mass is 14.4. The minimum Gasteiger partial charge on any atom is -0.0882 e. The first-order valence-corrected chi connectivity index (χ1v) is 5.10. The normalized spacial score (nSPS) is 40.0. The molecule has 3 atom stereocenters. The van der Waals surface area contributed by atoms with E-state index in [0.29, 0.717) is 5.92 Å². The van der Waals surface area contributed by atoms with Crippen molar-refractivity contribution in [3.8, 4) is 0 Å². The third kappa shape index (κ3) is 1.05. The van der Waals surface area contributed by atoms with Crippen LogP contribution in [-0.2, 0) is 0 Å². The molecule has 3 unspecified atom stereocenters. The molecule has 13 heavy (non-hydrogen) atoms. The monoisotopic (exact) mass is 169 g/mol. The molecule has 0 saturated carbocycles. The molecule has 0 spiro atoms. The smallest absolute Gasteiger partial charge is 0.00956 e. The van der Waals surface area contributed by atoms with Crippen LogP contribution < -0.4 is 0 Å². The van der Waals surface area contributed by atoms with Crippen molar-refractivity contribution in [2.45, 2.75) is 12.8 Å². The molecule has 0 bridgehead atoms. The summed E-state index contributed by atoms with van der Waals surface area (Å²) in [6.07, 6.45) is 19.7. The third-order valence-electron chi connectivity index (χ3n) is 3.35. The van der Waals surface area contributed by atoms with E-state index in [4.69, 9.17) is 0 Å². The van der Waals surface area contributed by atoms with E-state index in [1.54, 1.807) is 0 Å². The highest BCUT2D eigenvalue weighted by Gasteiger charge is 2.32. The highest BCUT2D eigenvalue weighted by Crippen LogP contribution is 2.41. The number of allylic oxidation sites excluding steroid dienone is 8. The predicted molar refractivity (Wildman–Crippen MR) is 53.9 cm³/mol. The van der Waals surface area contributed by atoms with Crippen molar-refractivity contribution in [2.24, 2.45) is 17.8 Å². The Morgan fingerprint density at radius 1 is 1.31 bits per heavy atom. The van der Waals surface area contributed by atoms with Gasteiger partial charge in [0.15, 0.2) is 0 Å². The molecule has 0 aromatic rings. The van der Waals surface area contributed by atoms with Crippen molar-refractivity contribution < 1.29 is 0 Å². The standard InChI is InChI=1S/C13H13/c1-2-6-12-10(4-1)8-9-11-5-3-7-13(11)12/h2-3,5-8,10,12-13H,1,4H2. The molecule has 0 heteroatoms. The van der Waals surface area contributed by atoms with Gasteiger partial charge in [0.1, 0.15) is 0 Å². The molecule has 3 aliphatic carbocycles. The van der Waals surface area contributed by atoms with Crippen LogP contribution in [-0.4, -0.2) is 0 Å². The molecular formula is C13H13. The van der Waals surface area contributed by atoms with Crippen LogP contribution in [0.1, 0.15) is 12.8 Å². The maximum atomic E-state index is 3.42. The topological polar surface area (TPSA) is 0 Å². The van der Waals surface area contributed by atoms with Gasteiger partial charge < -0.3 is 0 Å². The summed E-state index contributed by atoms with van der Waals surface area (Å²) in [6, 6.07) is 0. The maximum Gasteiger partial charge on any atom is 0.00956 e. The van der Waals surface area contributed by atoms with E-state index in [-0.39, 0.29) is 0 Å². The largest absolute Gasteiger partial charge is 0.0882 e. The van der Waals surface area contributed by atoms with E-state index in [1.165, 1.54) is 18.4 Å². The Kier molecular flexibility index (Phi) is 1.55.